The topological polar surface area (TPSA) is 92.8 Å². The van der Waals surface area contributed by atoms with E-state index in [-0.39, 0.29) is 35.8 Å². The smallest absolute Gasteiger partial charge is 0.222 e. The molecule has 4 rings (SSSR count). The van der Waals surface area contributed by atoms with E-state index in [1.165, 1.54) is 5.56 Å². The zero-order chi connectivity index (χ0) is 21.8. The lowest BCUT2D eigenvalue weighted by Gasteiger charge is -2.23. The number of rotatable bonds is 10. The van der Waals surface area contributed by atoms with Crippen molar-refractivity contribution in [3.63, 3.8) is 0 Å². The number of carbonyl (C=O) groups is 2. The Kier molecular flexibility index (Phi) is 7.20. The second-order valence-corrected chi connectivity index (χ2v) is 9.07. The summed E-state index contributed by atoms with van der Waals surface area (Å²) >= 11 is 0. The molecule has 0 radical (unpaired) electrons. The first-order chi connectivity index (χ1) is 15.0. The van der Waals surface area contributed by atoms with Crippen LogP contribution in [0.25, 0.3) is 0 Å². The second-order valence-electron chi connectivity index (χ2n) is 9.07. The van der Waals surface area contributed by atoms with Gasteiger partial charge in [-0.1, -0.05) is 6.07 Å². The van der Waals surface area contributed by atoms with Gasteiger partial charge in [0, 0.05) is 57.4 Å². The van der Waals surface area contributed by atoms with Crippen LogP contribution >= 0.6 is 0 Å². The fourth-order valence-electron chi connectivity index (χ4n) is 4.97. The molecule has 0 unspecified atom stereocenters. The molecule has 1 saturated carbocycles. The van der Waals surface area contributed by atoms with E-state index < -0.39 is 0 Å². The number of methoxy groups -OCH3 is 1. The maximum atomic E-state index is 12.6. The van der Waals surface area contributed by atoms with Gasteiger partial charge in [-0.25, -0.2) is 0 Å². The molecule has 2 N–H and O–H groups in total. The Morgan fingerprint density at radius 1 is 1.29 bits per heavy atom. The van der Waals surface area contributed by atoms with Crippen LogP contribution in [0.4, 0.5) is 0 Å². The van der Waals surface area contributed by atoms with E-state index in [4.69, 9.17) is 9.47 Å². The summed E-state index contributed by atoms with van der Waals surface area (Å²) in [6, 6.07) is 4.60. The molecule has 0 bridgehead atoms. The fourth-order valence-corrected chi connectivity index (χ4v) is 4.97. The quantitative estimate of drug-likeness (QED) is 0.539. The molecule has 170 valence electrons. The number of carbonyl (C=O) groups excluding carboxylic acids is 2. The number of pyridine rings is 1. The van der Waals surface area contributed by atoms with Gasteiger partial charge in [0.15, 0.2) is 0 Å². The molecule has 3 heterocycles. The van der Waals surface area contributed by atoms with Gasteiger partial charge in [0.05, 0.1) is 31.4 Å². The average Bonchev–Trinajstić information content (AvgIpc) is 3.35. The minimum atomic E-state index is -0.166. The van der Waals surface area contributed by atoms with Gasteiger partial charge in [-0.2, -0.15) is 0 Å². The molecule has 2 amide bonds. The van der Waals surface area contributed by atoms with Crippen molar-refractivity contribution in [1.82, 2.24) is 20.5 Å². The molecular weight excluding hydrogens is 396 g/mol. The van der Waals surface area contributed by atoms with Crippen LogP contribution in [-0.4, -0.2) is 73.3 Å². The van der Waals surface area contributed by atoms with Gasteiger partial charge < -0.3 is 20.1 Å². The lowest BCUT2D eigenvalue weighted by molar-refractivity contribution is -0.124. The number of nitrogens with zero attached hydrogens (tertiary/aromatic N) is 2. The van der Waals surface area contributed by atoms with E-state index in [9.17, 15) is 9.59 Å². The molecule has 3 fully saturated rings. The van der Waals surface area contributed by atoms with Crippen LogP contribution in [0.3, 0.4) is 0 Å². The van der Waals surface area contributed by atoms with Gasteiger partial charge in [-0.3, -0.25) is 19.5 Å². The van der Waals surface area contributed by atoms with E-state index in [0.717, 1.165) is 31.6 Å². The summed E-state index contributed by atoms with van der Waals surface area (Å²) in [5.41, 5.74) is 2.23. The normalized spacial score (nSPS) is 27.8. The maximum Gasteiger partial charge on any atom is 0.222 e. The van der Waals surface area contributed by atoms with Gasteiger partial charge in [-0.15, -0.1) is 0 Å². The third-order valence-electron chi connectivity index (χ3n) is 6.71. The predicted octanol–water partition coefficient (Wildman–Crippen LogP) is 1.03. The molecule has 2 saturated heterocycles. The Bertz CT molecular complexity index is 785. The number of fused-ring (bicyclic) bond motifs is 1. The highest BCUT2D eigenvalue weighted by molar-refractivity contribution is 5.77. The molecule has 8 heteroatoms. The Labute approximate surface area is 184 Å². The molecule has 1 aromatic heterocycles. The third kappa shape index (κ3) is 5.61. The number of hydrogen-bond acceptors (Lipinski definition) is 6. The van der Waals surface area contributed by atoms with Crippen LogP contribution in [0.5, 0.6) is 0 Å². The van der Waals surface area contributed by atoms with E-state index in [1.807, 2.05) is 12.3 Å². The molecule has 0 aromatic carbocycles. The molecule has 0 spiro atoms. The Morgan fingerprint density at radius 2 is 2.13 bits per heavy atom. The van der Waals surface area contributed by atoms with Gasteiger partial charge in [-0.05, 0) is 37.3 Å². The summed E-state index contributed by atoms with van der Waals surface area (Å²) in [5, 5.41) is 6.01. The lowest BCUT2D eigenvalue weighted by atomic mass is 9.84. The summed E-state index contributed by atoms with van der Waals surface area (Å²) in [6.45, 7) is 5.22. The van der Waals surface area contributed by atoms with Crippen LogP contribution in [0.15, 0.2) is 18.3 Å². The molecular formula is C23H34N4O4. The van der Waals surface area contributed by atoms with Crippen molar-refractivity contribution in [2.45, 2.75) is 57.3 Å². The Morgan fingerprint density at radius 3 is 2.87 bits per heavy atom. The van der Waals surface area contributed by atoms with Crippen LogP contribution in [-0.2, 0) is 25.6 Å². The molecule has 31 heavy (non-hydrogen) atoms. The highest BCUT2D eigenvalue weighted by atomic mass is 16.5. The van der Waals surface area contributed by atoms with Crippen molar-refractivity contribution in [2.75, 3.05) is 33.4 Å². The Hall–Kier alpha value is -2.03. The van der Waals surface area contributed by atoms with Crippen molar-refractivity contribution in [1.29, 1.82) is 0 Å². The number of aromatic nitrogens is 1. The summed E-state index contributed by atoms with van der Waals surface area (Å²) in [5.74, 6) is 0.439. The van der Waals surface area contributed by atoms with Gasteiger partial charge in [0.25, 0.3) is 0 Å². The van der Waals surface area contributed by atoms with E-state index in [1.54, 1.807) is 7.11 Å². The number of hydrogen-bond donors (Lipinski definition) is 2. The van der Waals surface area contributed by atoms with Crippen molar-refractivity contribution < 1.29 is 19.1 Å². The molecule has 4 atom stereocenters. The zero-order valence-corrected chi connectivity index (χ0v) is 18.5. The molecule has 8 nitrogen and oxygen atoms in total. The van der Waals surface area contributed by atoms with Gasteiger partial charge in [0.1, 0.15) is 0 Å². The molecule has 1 aromatic rings. The van der Waals surface area contributed by atoms with Gasteiger partial charge in [0.2, 0.25) is 11.8 Å². The summed E-state index contributed by atoms with van der Waals surface area (Å²) in [6.07, 6.45) is 4.64. The maximum absolute atomic E-state index is 12.6. The van der Waals surface area contributed by atoms with Crippen LogP contribution in [0, 0.1) is 18.8 Å². The average molecular weight is 431 g/mol. The number of aryl methyl sites for hydroxylation is 1. The van der Waals surface area contributed by atoms with Crippen molar-refractivity contribution in [2.24, 2.45) is 11.8 Å². The predicted molar refractivity (Wildman–Crippen MR) is 115 cm³/mol. The number of nitrogens with one attached hydrogen (secondary N) is 2. The molecule has 1 aliphatic carbocycles. The highest BCUT2D eigenvalue weighted by Gasteiger charge is 2.51. The first kappa shape index (κ1) is 22.2. The monoisotopic (exact) mass is 430 g/mol. The Balaban J connectivity index is 1.43. The first-order valence-electron chi connectivity index (χ1n) is 11.4. The third-order valence-corrected chi connectivity index (χ3v) is 6.71. The summed E-state index contributed by atoms with van der Waals surface area (Å²) in [7, 11) is 1.62. The lowest BCUT2D eigenvalue weighted by Crippen LogP contribution is -2.36. The summed E-state index contributed by atoms with van der Waals surface area (Å²) < 4.78 is 11.1. The van der Waals surface area contributed by atoms with E-state index in [2.05, 4.69) is 33.5 Å². The fraction of sp³-hybridized carbons (Fsp3) is 0.696. The van der Waals surface area contributed by atoms with Crippen molar-refractivity contribution in [3.05, 3.63) is 29.6 Å². The van der Waals surface area contributed by atoms with Crippen molar-refractivity contribution in [3.8, 4) is 0 Å². The largest absolute Gasteiger partial charge is 0.383 e. The number of ether oxygens (including phenoxy) is 2. The zero-order valence-electron chi connectivity index (χ0n) is 18.5. The van der Waals surface area contributed by atoms with Crippen LogP contribution < -0.4 is 10.6 Å². The van der Waals surface area contributed by atoms with Crippen LogP contribution in [0.2, 0.25) is 0 Å². The number of amides is 2. The molecule has 3 aliphatic rings. The van der Waals surface area contributed by atoms with Gasteiger partial charge >= 0.3 is 0 Å². The number of likely N-dealkylation sites (tertiary alicyclic amines) is 1. The van der Waals surface area contributed by atoms with Crippen LogP contribution in [0.1, 0.15) is 36.9 Å². The van der Waals surface area contributed by atoms with E-state index in [0.29, 0.717) is 38.6 Å². The minimum absolute atomic E-state index is 0.0251. The molecule has 2 aliphatic heterocycles. The van der Waals surface area contributed by atoms with E-state index >= 15 is 0 Å². The highest BCUT2D eigenvalue weighted by Crippen LogP contribution is 2.42. The minimum Gasteiger partial charge on any atom is -0.383 e. The standard InChI is InChI=1S/C23H34N4O4/c1-15-4-3-7-24-18(15)13-27-12-16(10-22(29)26-17-5-6-17)23-19(27)14-31-20(23)11-21(28)25-8-9-30-2/h3-4,7,16-17,19-20,23H,5-6,8-14H2,1-2H3,(H,25,28)(H,26,29)/t16-,19-,20+,23-/m1/s1. The SMILES string of the molecule is COCCNC(=O)C[C@@H]1OC[C@@H]2[C@H]1[C@H](CC(=O)NC1CC1)CN2Cc1ncccc1C. The van der Waals surface area contributed by atoms with Crippen molar-refractivity contribution >= 4 is 11.8 Å². The first-order valence-corrected chi connectivity index (χ1v) is 11.4. The summed E-state index contributed by atoms with van der Waals surface area (Å²) in [4.78, 5) is 32.0. The second kappa shape index (κ2) is 10.1.